The maximum absolute atomic E-state index is 14.1. The van der Waals surface area contributed by atoms with Crippen molar-refractivity contribution >= 4 is 45.8 Å². The minimum absolute atomic E-state index is 0.00689. The molecule has 2 bridgehead atoms. The number of rotatable bonds is 6. The number of carbonyl (C=O) groups is 1. The van der Waals surface area contributed by atoms with Crippen molar-refractivity contribution in [3.8, 4) is 11.1 Å². The molecule has 0 atom stereocenters. The standard InChI is InChI=1S/C26H17ClF4N2O2/c1-3-6-22(26(29,30)31)32-14(2)23-20-11-12-21(35-20)24(23)25(34)33-15-9-10-16(18(27)13-15)17-7-4-5-8-19(17)28/h3-13H,2H2,1H3,(H,33,34)/b6-3-,32-22?. The second-order valence-corrected chi connectivity index (χ2v) is 7.89. The van der Waals surface area contributed by atoms with Crippen molar-refractivity contribution in [1.29, 1.82) is 0 Å². The molecule has 2 aromatic heterocycles. The SMILES string of the molecule is C=C(N=C(/C=C\C)C(F)(F)F)c1c(C(=O)Nc2ccc(-c3ccccc3F)c(Cl)c2)c2ccc1o2. The van der Waals surface area contributed by atoms with E-state index in [0.29, 0.717) is 16.8 Å². The molecule has 1 amide bonds. The summed E-state index contributed by atoms with van der Waals surface area (Å²) in [6.07, 6.45) is -2.69. The Balaban J connectivity index is 1.65. The summed E-state index contributed by atoms with van der Waals surface area (Å²) >= 11 is 6.33. The zero-order chi connectivity index (χ0) is 25.3. The van der Waals surface area contributed by atoms with Gasteiger partial charge in [-0.2, -0.15) is 13.2 Å². The largest absolute Gasteiger partial charge is 0.456 e. The molecule has 4 aromatic rings. The Morgan fingerprint density at radius 2 is 1.74 bits per heavy atom. The van der Waals surface area contributed by atoms with Gasteiger partial charge in [0.05, 0.1) is 21.8 Å². The second-order valence-electron chi connectivity index (χ2n) is 7.48. The molecule has 4 rings (SSSR count). The lowest BCUT2D eigenvalue weighted by Gasteiger charge is -2.11. The lowest BCUT2D eigenvalue weighted by Crippen LogP contribution is -2.21. The van der Waals surface area contributed by atoms with Crippen molar-refractivity contribution < 1.29 is 26.8 Å². The number of hydrogen-bond acceptors (Lipinski definition) is 3. The van der Waals surface area contributed by atoms with Gasteiger partial charge in [0.2, 0.25) is 0 Å². The Kier molecular flexibility index (Phi) is 6.49. The first kappa shape index (κ1) is 24.2. The minimum atomic E-state index is -4.71. The van der Waals surface area contributed by atoms with Crippen LogP contribution in [0.3, 0.4) is 0 Å². The van der Waals surface area contributed by atoms with E-state index in [-0.39, 0.29) is 33.0 Å². The zero-order valence-electron chi connectivity index (χ0n) is 18.2. The van der Waals surface area contributed by atoms with Crippen LogP contribution in [0.1, 0.15) is 22.8 Å². The summed E-state index contributed by atoms with van der Waals surface area (Å²) in [4.78, 5) is 16.7. The highest BCUT2D eigenvalue weighted by Crippen LogP contribution is 2.36. The highest BCUT2D eigenvalue weighted by molar-refractivity contribution is 6.33. The summed E-state index contributed by atoms with van der Waals surface area (Å²) in [5.41, 5.74) is -0.0181. The van der Waals surface area contributed by atoms with E-state index in [4.69, 9.17) is 16.0 Å². The maximum atomic E-state index is 14.1. The molecule has 0 aliphatic rings. The number of halogens is 5. The number of allylic oxidation sites excluding steroid dienone is 2. The van der Waals surface area contributed by atoms with Gasteiger partial charge in [0.25, 0.3) is 5.91 Å². The van der Waals surface area contributed by atoms with Crippen molar-refractivity contribution in [2.24, 2.45) is 4.99 Å². The average molecular weight is 501 g/mol. The van der Waals surface area contributed by atoms with Crippen LogP contribution in [0, 0.1) is 5.82 Å². The van der Waals surface area contributed by atoms with Crippen LogP contribution < -0.4 is 5.32 Å². The number of fused-ring (bicyclic) bond motifs is 2. The Hall–Kier alpha value is -3.91. The predicted molar refractivity (Wildman–Crippen MR) is 130 cm³/mol. The number of hydrogen-bond donors (Lipinski definition) is 1. The van der Waals surface area contributed by atoms with Gasteiger partial charge in [-0.25, -0.2) is 9.38 Å². The first-order valence-corrected chi connectivity index (χ1v) is 10.7. The van der Waals surface area contributed by atoms with Crippen LogP contribution in [0.4, 0.5) is 23.2 Å². The number of anilines is 1. The van der Waals surface area contributed by atoms with E-state index in [1.54, 1.807) is 24.3 Å². The average Bonchev–Trinajstić information content (AvgIpc) is 3.41. The van der Waals surface area contributed by atoms with E-state index in [2.05, 4.69) is 16.9 Å². The fourth-order valence-electron chi connectivity index (χ4n) is 3.60. The van der Waals surface area contributed by atoms with Gasteiger partial charge in [0.15, 0.2) is 0 Å². The zero-order valence-corrected chi connectivity index (χ0v) is 19.0. The van der Waals surface area contributed by atoms with Crippen molar-refractivity contribution in [1.82, 2.24) is 0 Å². The molecule has 9 heteroatoms. The van der Waals surface area contributed by atoms with Crippen molar-refractivity contribution in [3.63, 3.8) is 0 Å². The Morgan fingerprint density at radius 3 is 2.37 bits per heavy atom. The van der Waals surface area contributed by atoms with Gasteiger partial charge in [-0.15, -0.1) is 0 Å². The quantitative estimate of drug-likeness (QED) is 0.214. The number of alkyl halides is 3. The first-order valence-electron chi connectivity index (χ1n) is 10.3. The lowest BCUT2D eigenvalue weighted by atomic mass is 10.0. The molecule has 0 aliphatic carbocycles. The predicted octanol–water partition coefficient (Wildman–Crippen LogP) is 8.13. The van der Waals surface area contributed by atoms with Crippen LogP contribution in [0.5, 0.6) is 0 Å². The lowest BCUT2D eigenvalue weighted by molar-refractivity contribution is -0.0576. The van der Waals surface area contributed by atoms with E-state index in [1.807, 2.05) is 0 Å². The fourth-order valence-corrected chi connectivity index (χ4v) is 3.89. The summed E-state index contributed by atoms with van der Waals surface area (Å²) in [5, 5.41) is 2.85. The molecule has 4 nitrogen and oxygen atoms in total. The normalized spacial score (nSPS) is 12.6. The third-order valence-electron chi connectivity index (χ3n) is 5.13. The highest BCUT2D eigenvalue weighted by atomic mass is 35.5. The van der Waals surface area contributed by atoms with E-state index < -0.39 is 23.6 Å². The number of furan rings is 2. The van der Waals surface area contributed by atoms with Gasteiger partial charge >= 0.3 is 6.18 Å². The molecule has 2 aromatic carbocycles. The Bertz CT molecular complexity index is 1480. The van der Waals surface area contributed by atoms with Crippen LogP contribution in [-0.2, 0) is 0 Å². The molecular weight excluding hydrogens is 484 g/mol. The van der Waals surface area contributed by atoms with Crippen molar-refractivity contribution in [3.05, 3.63) is 95.3 Å². The van der Waals surface area contributed by atoms with Gasteiger partial charge in [0, 0.05) is 16.8 Å². The molecule has 178 valence electrons. The summed E-state index contributed by atoms with van der Waals surface area (Å²) in [7, 11) is 0. The van der Waals surface area contributed by atoms with Crippen molar-refractivity contribution in [2.45, 2.75) is 13.1 Å². The molecule has 2 heterocycles. The van der Waals surface area contributed by atoms with E-state index >= 15 is 0 Å². The topological polar surface area (TPSA) is 54.6 Å². The molecule has 0 saturated heterocycles. The number of amides is 1. The van der Waals surface area contributed by atoms with E-state index in [0.717, 1.165) is 6.08 Å². The van der Waals surface area contributed by atoms with Gasteiger partial charge < -0.3 is 9.73 Å². The first-order chi connectivity index (χ1) is 16.6. The molecule has 0 fully saturated rings. The van der Waals surface area contributed by atoms with Gasteiger partial charge in [-0.05, 0) is 43.3 Å². The monoisotopic (exact) mass is 500 g/mol. The number of benzene rings is 3. The third kappa shape index (κ3) is 4.83. The van der Waals surface area contributed by atoms with Crippen LogP contribution >= 0.6 is 11.6 Å². The van der Waals surface area contributed by atoms with Crippen molar-refractivity contribution in [2.75, 3.05) is 5.32 Å². The summed E-state index contributed by atoms with van der Waals surface area (Å²) < 4.78 is 59.5. The fraction of sp³-hybridized carbons (Fsp3) is 0.0769. The highest BCUT2D eigenvalue weighted by Gasteiger charge is 2.34. The second kappa shape index (κ2) is 9.38. The molecule has 0 saturated carbocycles. The number of carbonyl (C=O) groups excluding carboxylic acids is 1. The number of nitrogens with zero attached hydrogens (tertiary/aromatic N) is 1. The van der Waals surface area contributed by atoms with Crippen LogP contribution in [0.15, 0.2) is 82.7 Å². The number of aliphatic imine (C=N–C) groups is 1. The maximum Gasteiger partial charge on any atom is 0.433 e. The summed E-state index contributed by atoms with van der Waals surface area (Å²) in [5.74, 6) is -1.10. The van der Waals surface area contributed by atoms with Gasteiger partial charge in [-0.1, -0.05) is 48.5 Å². The summed E-state index contributed by atoms with van der Waals surface area (Å²) in [6.45, 7) is 5.06. The minimum Gasteiger partial charge on any atom is -0.456 e. The van der Waals surface area contributed by atoms with Crippen LogP contribution in [-0.4, -0.2) is 17.8 Å². The van der Waals surface area contributed by atoms with Crippen LogP contribution in [0.2, 0.25) is 5.02 Å². The Morgan fingerprint density at radius 1 is 1.06 bits per heavy atom. The Labute approximate surface area is 202 Å². The number of nitrogens with one attached hydrogen (secondary N) is 1. The van der Waals surface area contributed by atoms with Gasteiger partial charge in [-0.3, -0.25) is 4.79 Å². The van der Waals surface area contributed by atoms with Gasteiger partial charge in [0.1, 0.15) is 22.7 Å². The molecule has 0 aliphatic heterocycles. The third-order valence-corrected chi connectivity index (χ3v) is 5.44. The molecule has 1 N–H and O–H groups in total. The smallest absolute Gasteiger partial charge is 0.433 e. The van der Waals surface area contributed by atoms with Crippen LogP contribution in [0.25, 0.3) is 28.0 Å². The molecule has 0 radical (unpaired) electrons. The van der Waals surface area contributed by atoms with E-state index in [1.165, 1.54) is 43.3 Å². The molecule has 0 unspecified atom stereocenters. The van der Waals surface area contributed by atoms with E-state index in [9.17, 15) is 22.4 Å². The molecular formula is C26H17ClF4N2O2. The molecule has 35 heavy (non-hydrogen) atoms. The molecule has 0 spiro atoms. The summed E-state index contributed by atoms with van der Waals surface area (Å²) in [6, 6.07) is 13.7.